The third-order valence-electron chi connectivity index (χ3n) is 3.01. The maximum atomic E-state index is 11.6. The molecule has 0 bridgehead atoms. The summed E-state index contributed by atoms with van der Waals surface area (Å²) in [5.74, 6) is 1.09. The van der Waals surface area contributed by atoms with Gasteiger partial charge in [-0.25, -0.2) is 4.79 Å². The molecular formula is C15H22N2O3. The van der Waals surface area contributed by atoms with Crippen molar-refractivity contribution in [3.63, 3.8) is 0 Å². The van der Waals surface area contributed by atoms with E-state index in [1.165, 1.54) is 0 Å². The smallest absolute Gasteiger partial charge is 0.407 e. The van der Waals surface area contributed by atoms with E-state index in [1.807, 2.05) is 39.0 Å². The molecule has 0 radical (unpaired) electrons. The van der Waals surface area contributed by atoms with Crippen molar-refractivity contribution in [2.24, 2.45) is 5.92 Å². The van der Waals surface area contributed by atoms with Crippen molar-refractivity contribution in [3.8, 4) is 5.75 Å². The van der Waals surface area contributed by atoms with Gasteiger partial charge >= 0.3 is 6.09 Å². The van der Waals surface area contributed by atoms with Crippen LogP contribution in [-0.2, 0) is 11.2 Å². The summed E-state index contributed by atoms with van der Waals surface area (Å²) in [6.07, 6.45) is 0.478. The van der Waals surface area contributed by atoms with Crippen LogP contribution in [0.25, 0.3) is 0 Å². The molecule has 0 saturated carbocycles. The Morgan fingerprint density at radius 2 is 2.25 bits per heavy atom. The summed E-state index contributed by atoms with van der Waals surface area (Å²) in [5.41, 5.74) is 7.07. The van der Waals surface area contributed by atoms with Gasteiger partial charge in [-0.3, -0.25) is 0 Å². The van der Waals surface area contributed by atoms with Crippen LogP contribution in [0.2, 0.25) is 0 Å². The van der Waals surface area contributed by atoms with Crippen LogP contribution in [0.4, 0.5) is 10.5 Å². The van der Waals surface area contributed by atoms with Gasteiger partial charge in [-0.1, -0.05) is 6.07 Å². The number of carbonyl (C=O) groups excluding carboxylic acids is 1. The number of nitrogen functional groups attached to an aromatic ring is 1. The van der Waals surface area contributed by atoms with Crippen LogP contribution >= 0.6 is 0 Å². The molecule has 1 aromatic carbocycles. The van der Waals surface area contributed by atoms with E-state index in [9.17, 15) is 4.79 Å². The minimum atomic E-state index is -0.475. The Bertz CT molecular complexity index is 494. The van der Waals surface area contributed by atoms with Gasteiger partial charge in [-0.05, 0) is 38.8 Å². The Balaban J connectivity index is 1.85. The number of nitrogens with one attached hydrogen (secondary N) is 1. The normalized spacial score (nSPS) is 17.9. The zero-order valence-corrected chi connectivity index (χ0v) is 12.2. The molecule has 3 N–H and O–H groups in total. The van der Waals surface area contributed by atoms with E-state index < -0.39 is 5.60 Å². The SMILES string of the molecule is CC(C)(C)OC(=O)NCC1COc2cc(N)ccc2C1. The maximum absolute atomic E-state index is 11.6. The highest BCUT2D eigenvalue weighted by atomic mass is 16.6. The van der Waals surface area contributed by atoms with E-state index in [0.29, 0.717) is 18.8 Å². The first-order valence-corrected chi connectivity index (χ1v) is 6.81. The minimum absolute atomic E-state index is 0.249. The summed E-state index contributed by atoms with van der Waals surface area (Å²) >= 11 is 0. The molecule has 1 atom stereocenters. The molecule has 0 aromatic heterocycles. The molecular weight excluding hydrogens is 256 g/mol. The molecule has 0 aliphatic carbocycles. The Morgan fingerprint density at radius 3 is 2.95 bits per heavy atom. The summed E-state index contributed by atoms with van der Waals surface area (Å²) in [6, 6.07) is 5.68. The topological polar surface area (TPSA) is 73.6 Å². The van der Waals surface area contributed by atoms with Crippen LogP contribution in [0.1, 0.15) is 26.3 Å². The molecule has 20 heavy (non-hydrogen) atoms. The van der Waals surface area contributed by atoms with Crippen LogP contribution in [0.3, 0.4) is 0 Å². The largest absolute Gasteiger partial charge is 0.493 e. The van der Waals surface area contributed by atoms with Gasteiger partial charge < -0.3 is 20.5 Å². The van der Waals surface area contributed by atoms with Crippen molar-refractivity contribution < 1.29 is 14.3 Å². The highest BCUT2D eigenvalue weighted by molar-refractivity contribution is 5.67. The summed E-state index contributed by atoms with van der Waals surface area (Å²) in [4.78, 5) is 11.6. The monoisotopic (exact) mass is 278 g/mol. The van der Waals surface area contributed by atoms with Gasteiger partial charge in [0.2, 0.25) is 0 Å². The number of alkyl carbamates (subject to hydrolysis) is 1. The van der Waals surface area contributed by atoms with Crippen molar-refractivity contribution in [2.45, 2.75) is 32.8 Å². The molecule has 5 heteroatoms. The first-order valence-electron chi connectivity index (χ1n) is 6.81. The van der Waals surface area contributed by atoms with E-state index in [-0.39, 0.29) is 12.0 Å². The van der Waals surface area contributed by atoms with Gasteiger partial charge in [-0.15, -0.1) is 0 Å². The molecule has 5 nitrogen and oxygen atoms in total. The fraction of sp³-hybridized carbons (Fsp3) is 0.533. The van der Waals surface area contributed by atoms with Crippen LogP contribution < -0.4 is 15.8 Å². The van der Waals surface area contributed by atoms with Gasteiger partial charge in [0.1, 0.15) is 11.4 Å². The van der Waals surface area contributed by atoms with Crippen LogP contribution in [0.5, 0.6) is 5.75 Å². The quantitative estimate of drug-likeness (QED) is 0.814. The fourth-order valence-corrected chi connectivity index (χ4v) is 2.12. The first-order chi connectivity index (χ1) is 9.33. The molecule has 0 saturated heterocycles. The van der Waals surface area contributed by atoms with E-state index >= 15 is 0 Å². The van der Waals surface area contributed by atoms with Crippen molar-refractivity contribution in [1.29, 1.82) is 0 Å². The van der Waals surface area contributed by atoms with Gasteiger partial charge in [0.15, 0.2) is 0 Å². The lowest BCUT2D eigenvalue weighted by Crippen LogP contribution is -2.38. The molecule has 1 amide bonds. The Kier molecular flexibility index (Phi) is 4.06. The number of rotatable bonds is 2. The molecule has 1 unspecified atom stereocenters. The van der Waals surface area contributed by atoms with Gasteiger partial charge in [0.25, 0.3) is 0 Å². The zero-order chi connectivity index (χ0) is 14.8. The predicted octanol–water partition coefficient (Wildman–Crippen LogP) is 2.34. The highest BCUT2D eigenvalue weighted by Gasteiger charge is 2.22. The van der Waals surface area contributed by atoms with E-state index in [2.05, 4.69) is 5.32 Å². The van der Waals surface area contributed by atoms with E-state index in [1.54, 1.807) is 0 Å². The van der Waals surface area contributed by atoms with Crippen molar-refractivity contribution in [2.75, 3.05) is 18.9 Å². The lowest BCUT2D eigenvalue weighted by atomic mass is 9.96. The van der Waals surface area contributed by atoms with Crippen molar-refractivity contribution in [1.82, 2.24) is 5.32 Å². The van der Waals surface area contributed by atoms with Gasteiger partial charge in [-0.2, -0.15) is 0 Å². The molecule has 0 fully saturated rings. The van der Waals surface area contributed by atoms with E-state index in [0.717, 1.165) is 17.7 Å². The fourth-order valence-electron chi connectivity index (χ4n) is 2.12. The van der Waals surface area contributed by atoms with Crippen LogP contribution in [0, 0.1) is 5.92 Å². The van der Waals surface area contributed by atoms with Crippen molar-refractivity contribution >= 4 is 11.8 Å². The summed E-state index contributed by atoms with van der Waals surface area (Å²) in [5, 5.41) is 2.79. The number of hydrogen-bond donors (Lipinski definition) is 2. The minimum Gasteiger partial charge on any atom is -0.493 e. The summed E-state index contributed by atoms with van der Waals surface area (Å²) in [7, 11) is 0. The molecule has 2 rings (SSSR count). The van der Waals surface area contributed by atoms with Gasteiger partial charge in [0.05, 0.1) is 6.61 Å². The first kappa shape index (κ1) is 14.5. The lowest BCUT2D eigenvalue weighted by molar-refractivity contribution is 0.0512. The van der Waals surface area contributed by atoms with Crippen molar-refractivity contribution in [3.05, 3.63) is 23.8 Å². The third-order valence-corrected chi connectivity index (χ3v) is 3.01. The molecule has 1 aromatic rings. The number of nitrogens with two attached hydrogens (primary N) is 1. The summed E-state index contributed by atoms with van der Waals surface area (Å²) in [6.45, 7) is 6.65. The average molecular weight is 278 g/mol. The second-order valence-corrected chi connectivity index (χ2v) is 6.13. The average Bonchev–Trinajstić information content (AvgIpc) is 2.34. The molecule has 1 aliphatic rings. The number of fused-ring (bicyclic) bond motifs is 1. The third kappa shape index (κ3) is 4.05. The number of benzene rings is 1. The summed E-state index contributed by atoms with van der Waals surface area (Å²) < 4.78 is 10.9. The number of amides is 1. The number of anilines is 1. The predicted molar refractivity (Wildman–Crippen MR) is 77.8 cm³/mol. The maximum Gasteiger partial charge on any atom is 0.407 e. The second kappa shape index (κ2) is 5.61. The van der Waals surface area contributed by atoms with Crippen LogP contribution in [-0.4, -0.2) is 24.8 Å². The lowest BCUT2D eigenvalue weighted by Gasteiger charge is -2.26. The zero-order valence-electron chi connectivity index (χ0n) is 12.2. The number of ether oxygens (including phenoxy) is 2. The highest BCUT2D eigenvalue weighted by Crippen LogP contribution is 2.28. The molecule has 1 heterocycles. The second-order valence-electron chi connectivity index (χ2n) is 6.13. The molecule has 1 aliphatic heterocycles. The van der Waals surface area contributed by atoms with Crippen LogP contribution in [0.15, 0.2) is 18.2 Å². The number of hydrogen-bond acceptors (Lipinski definition) is 4. The number of carbonyl (C=O) groups is 1. The Hall–Kier alpha value is -1.91. The molecule has 0 spiro atoms. The Labute approximate surface area is 119 Å². The van der Waals surface area contributed by atoms with Gasteiger partial charge in [0, 0.05) is 24.2 Å². The Morgan fingerprint density at radius 1 is 1.50 bits per heavy atom. The standard InChI is InChI=1S/C15H22N2O3/c1-15(2,3)20-14(18)17-8-10-6-11-4-5-12(16)7-13(11)19-9-10/h4-5,7,10H,6,8-9,16H2,1-3H3,(H,17,18). The molecule has 110 valence electrons. The van der Waals surface area contributed by atoms with E-state index in [4.69, 9.17) is 15.2 Å².